The highest BCUT2D eigenvalue weighted by atomic mass is 19.1. The Labute approximate surface area is 199 Å². The fourth-order valence-electron chi connectivity index (χ4n) is 5.36. The molecular formula is C32H37F. The molecular weight excluding hydrogens is 403 g/mol. The molecule has 0 nitrogen and oxygen atoms in total. The van der Waals surface area contributed by atoms with Crippen LogP contribution < -0.4 is 0 Å². The molecule has 0 radical (unpaired) electrons. The maximum Gasteiger partial charge on any atom is 0.126 e. The molecule has 1 fully saturated rings. The second kappa shape index (κ2) is 11.5. The topological polar surface area (TPSA) is 0 Å². The third-order valence-electron chi connectivity index (χ3n) is 7.45. The average molecular weight is 441 g/mol. The van der Waals surface area contributed by atoms with Crippen molar-refractivity contribution in [2.24, 2.45) is 0 Å². The number of benzene rings is 3. The smallest absolute Gasteiger partial charge is 0.126 e. The summed E-state index contributed by atoms with van der Waals surface area (Å²) < 4.78 is 14.6. The molecule has 0 amide bonds. The summed E-state index contributed by atoms with van der Waals surface area (Å²) in [6.45, 7) is 4.32. The second-order valence-corrected chi connectivity index (χ2v) is 9.76. The Kier molecular flexibility index (Phi) is 8.15. The first-order valence-corrected chi connectivity index (χ1v) is 12.7. The number of rotatable bonds is 8. The van der Waals surface area contributed by atoms with Crippen molar-refractivity contribution in [2.45, 2.75) is 76.5 Å². The molecule has 1 atom stereocenters. The third kappa shape index (κ3) is 6.22. The van der Waals surface area contributed by atoms with Crippen LogP contribution in [0.2, 0.25) is 0 Å². The molecule has 3 aromatic rings. The molecule has 1 aliphatic carbocycles. The predicted molar refractivity (Wildman–Crippen MR) is 138 cm³/mol. The standard InChI is InChI=1S/C32H37F/c1-3-4-6-11-30-20-21-31(23-32(30)33)29-18-16-28(17-19-29)27-14-12-25(13-15-27)22-24(2)26-9-7-5-8-10-26/h3-5,7-10,12-15,20-21,23-24,28-29H,6,11,16-19,22H2,1-2H3/t24-,28?,29?/m0/s1. The van der Waals surface area contributed by atoms with Crippen molar-refractivity contribution in [3.05, 3.63) is 119 Å². The SMILES string of the molecule is CC=CCCc1ccc(C2CCC(c3ccc(C[C@H](C)c4ccccc4)cc3)CC2)cc1F. The van der Waals surface area contributed by atoms with Crippen molar-refractivity contribution in [3.63, 3.8) is 0 Å². The maximum atomic E-state index is 14.6. The number of hydrogen-bond acceptors (Lipinski definition) is 0. The number of aryl methyl sites for hydroxylation is 1. The van der Waals surface area contributed by atoms with Gasteiger partial charge in [-0.15, -0.1) is 0 Å². The fraction of sp³-hybridized carbons (Fsp3) is 0.375. The average Bonchev–Trinajstić information content (AvgIpc) is 2.86. The zero-order valence-electron chi connectivity index (χ0n) is 20.1. The van der Waals surface area contributed by atoms with E-state index in [0.29, 0.717) is 17.8 Å². The van der Waals surface area contributed by atoms with E-state index in [4.69, 9.17) is 0 Å². The van der Waals surface area contributed by atoms with E-state index in [0.717, 1.165) is 37.7 Å². The van der Waals surface area contributed by atoms with Crippen molar-refractivity contribution in [1.82, 2.24) is 0 Å². The van der Waals surface area contributed by atoms with Crippen molar-refractivity contribution < 1.29 is 4.39 Å². The summed E-state index contributed by atoms with van der Waals surface area (Å²) in [5, 5.41) is 0. The fourth-order valence-corrected chi connectivity index (χ4v) is 5.36. The Morgan fingerprint density at radius 1 is 0.848 bits per heavy atom. The highest BCUT2D eigenvalue weighted by Crippen LogP contribution is 2.41. The van der Waals surface area contributed by atoms with Gasteiger partial charge in [-0.3, -0.25) is 0 Å². The Morgan fingerprint density at radius 2 is 1.48 bits per heavy atom. The van der Waals surface area contributed by atoms with Gasteiger partial charge in [-0.2, -0.15) is 0 Å². The molecule has 3 aromatic carbocycles. The molecule has 33 heavy (non-hydrogen) atoms. The van der Waals surface area contributed by atoms with Gasteiger partial charge in [0, 0.05) is 0 Å². The van der Waals surface area contributed by atoms with Crippen LogP contribution >= 0.6 is 0 Å². The molecule has 4 rings (SSSR count). The molecule has 0 bridgehead atoms. The molecule has 0 spiro atoms. The van der Waals surface area contributed by atoms with Crippen molar-refractivity contribution in [2.75, 3.05) is 0 Å². The zero-order chi connectivity index (χ0) is 23.0. The van der Waals surface area contributed by atoms with Gasteiger partial charge in [-0.1, -0.05) is 85.8 Å². The minimum atomic E-state index is -0.0283. The summed E-state index contributed by atoms with van der Waals surface area (Å²) in [5.74, 6) is 1.62. The van der Waals surface area contributed by atoms with Crippen LogP contribution in [0.1, 0.15) is 91.5 Å². The van der Waals surface area contributed by atoms with E-state index < -0.39 is 0 Å². The molecule has 172 valence electrons. The highest BCUT2D eigenvalue weighted by molar-refractivity contribution is 5.31. The van der Waals surface area contributed by atoms with Gasteiger partial charge in [0.25, 0.3) is 0 Å². The van der Waals surface area contributed by atoms with Gasteiger partial charge in [-0.25, -0.2) is 4.39 Å². The molecule has 0 saturated heterocycles. The van der Waals surface area contributed by atoms with Gasteiger partial charge in [-0.05, 0) is 104 Å². The summed E-state index contributed by atoms with van der Waals surface area (Å²) >= 11 is 0. The van der Waals surface area contributed by atoms with Crippen LogP contribution in [0.25, 0.3) is 0 Å². The molecule has 0 unspecified atom stereocenters. The molecule has 0 aromatic heterocycles. The lowest BCUT2D eigenvalue weighted by Gasteiger charge is -2.29. The lowest BCUT2D eigenvalue weighted by atomic mass is 9.76. The first-order chi connectivity index (χ1) is 16.1. The minimum Gasteiger partial charge on any atom is -0.207 e. The second-order valence-electron chi connectivity index (χ2n) is 9.76. The van der Waals surface area contributed by atoms with E-state index in [-0.39, 0.29) is 5.82 Å². The largest absolute Gasteiger partial charge is 0.207 e. The van der Waals surface area contributed by atoms with Crippen LogP contribution in [0.5, 0.6) is 0 Å². The van der Waals surface area contributed by atoms with E-state index in [1.807, 2.05) is 19.1 Å². The van der Waals surface area contributed by atoms with E-state index >= 15 is 0 Å². The first kappa shape index (κ1) is 23.5. The first-order valence-electron chi connectivity index (χ1n) is 12.7. The minimum absolute atomic E-state index is 0.0283. The predicted octanol–water partition coefficient (Wildman–Crippen LogP) is 9.12. The molecule has 1 saturated carbocycles. The summed E-state index contributed by atoms with van der Waals surface area (Å²) in [6.07, 6.45) is 11.6. The van der Waals surface area contributed by atoms with Crippen LogP contribution in [0.4, 0.5) is 4.39 Å². The summed E-state index contributed by atoms with van der Waals surface area (Å²) in [5.41, 5.74) is 6.31. The molecule has 1 heteroatoms. The monoisotopic (exact) mass is 440 g/mol. The van der Waals surface area contributed by atoms with E-state index in [1.165, 1.54) is 35.1 Å². The Morgan fingerprint density at radius 3 is 2.12 bits per heavy atom. The molecule has 0 N–H and O–H groups in total. The lowest BCUT2D eigenvalue weighted by molar-refractivity contribution is 0.395. The number of halogens is 1. The molecule has 0 aliphatic heterocycles. The van der Waals surface area contributed by atoms with Crippen LogP contribution in [-0.2, 0) is 12.8 Å². The summed E-state index contributed by atoms with van der Waals surface area (Å²) in [4.78, 5) is 0. The van der Waals surface area contributed by atoms with Crippen LogP contribution in [0.15, 0.2) is 84.9 Å². The van der Waals surface area contributed by atoms with Crippen molar-refractivity contribution in [3.8, 4) is 0 Å². The van der Waals surface area contributed by atoms with Gasteiger partial charge < -0.3 is 0 Å². The quantitative estimate of drug-likeness (QED) is 0.306. The highest BCUT2D eigenvalue weighted by Gasteiger charge is 2.24. The van der Waals surface area contributed by atoms with Gasteiger partial charge in [0.05, 0.1) is 0 Å². The lowest BCUT2D eigenvalue weighted by Crippen LogP contribution is -2.12. The summed E-state index contributed by atoms with van der Waals surface area (Å²) in [6, 6.07) is 26.1. The number of allylic oxidation sites excluding steroid dienone is 2. The maximum absolute atomic E-state index is 14.6. The van der Waals surface area contributed by atoms with Crippen LogP contribution in [0, 0.1) is 5.82 Å². The van der Waals surface area contributed by atoms with Crippen molar-refractivity contribution in [1.29, 1.82) is 0 Å². The van der Waals surface area contributed by atoms with Crippen molar-refractivity contribution >= 4 is 0 Å². The molecule has 1 aliphatic rings. The van der Waals surface area contributed by atoms with E-state index in [1.54, 1.807) is 6.07 Å². The van der Waals surface area contributed by atoms with Gasteiger partial charge in [0.15, 0.2) is 0 Å². The summed E-state index contributed by atoms with van der Waals surface area (Å²) in [7, 11) is 0. The van der Waals surface area contributed by atoms with Gasteiger partial charge in [0.1, 0.15) is 5.82 Å². The Hall–Kier alpha value is -2.67. The van der Waals surface area contributed by atoms with Gasteiger partial charge >= 0.3 is 0 Å². The third-order valence-corrected chi connectivity index (χ3v) is 7.45. The van der Waals surface area contributed by atoms with Crippen LogP contribution in [0.3, 0.4) is 0 Å². The van der Waals surface area contributed by atoms with E-state index in [2.05, 4.69) is 73.7 Å². The van der Waals surface area contributed by atoms with E-state index in [9.17, 15) is 4.39 Å². The number of hydrogen-bond donors (Lipinski definition) is 0. The molecule has 0 heterocycles. The van der Waals surface area contributed by atoms with Crippen LogP contribution in [-0.4, -0.2) is 0 Å². The Balaban J connectivity index is 1.31. The Bertz CT molecular complexity index is 1020. The van der Waals surface area contributed by atoms with Gasteiger partial charge in [0.2, 0.25) is 0 Å². The zero-order valence-corrected chi connectivity index (χ0v) is 20.1. The normalized spacial score (nSPS) is 19.6.